The molecule has 3 heteroatoms. The first-order valence-corrected chi connectivity index (χ1v) is 4.76. The molecule has 0 radical (unpaired) electrons. The van der Waals surface area contributed by atoms with E-state index in [4.69, 9.17) is 22.1 Å². The van der Waals surface area contributed by atoms with Gasteiger partial charge in [0.25, 0.3) is 0 Å². The SMILES string of the molecule is C=C(C)C(N)COc1ccc(Cl)cc1. The Morgan fingerprint density at radius 2 is 2.07 bits per heavy atom. The van der Waals surface area contributed by atoms with Crippen LogP contribution in [-0.4, -0.2) is 12.6 Å². The first-order valence-electron chi connectivity index (χ1n) is 4.39. The summed E-state index contributed by atoms with van der Waals surface area (Å²) in [5.74, 6) is 0.770. The van der Waals surface area contributed by atoms with Crippen molar-refractivity contribution in [2.24, 2.45) is 5.73 Å². The highest BCUT2D eigenvalue weighted by Crippen LogP contribution is 2.15. The number of ether oxygens (including phenoxy) is 1. The summed E-state index contributed by atoms with van der Waals surface area (Å²) in [5.41, 5.74) is 6.66. The van der Waals surface area contributed by atoms with Crippen molar-refractivity contribution in [1.29, 1.82) is 0 Å². The van der Waals surface area contributed by atoms with Gasteiger partial charge in [-0.15, -0.1) is 0 Å². The molecule has 2 N–H and O–H groups in total. The van der Waals surface area contributed by atoms with Crippen LogP contribution in [0.3, 0.4) is 0 Å². The zero-order valence-corrected chi connectivity index (χ0v) is 8.92. The Kier molecular flexibility index (Phi) is 3.98. The minimum atomic E-state index is -0.120. The molecule has 0 saturated heterocycles. The largest absolute Gasteiger partial charge is 0.492 e. The van der Waals surface area contributed by atoms with Gasteiger partial charge in [0.2, 0.25) is 0 Å². The number of rotatable bonds is 4. The van der Waals surface area contributed by atoms with Crippen molar-refractivity contribution in [3.8, 4) is 5.75 Å². The molecule has 0 aliphatic rings. The highest BCUT2D eigenvalue weighted by molar-refractivity contribution is 6.30. The Morgan fingerprint density at radius 1 is 1.50 bits per heavy atom. The summed E-state index contributed by atoms with van der Waals surface area (Å²) in [4.78, 5) is 0. The maximum atomic E-state index is 5.74. The summed E-state index contributed by atoms with van der Waals surface area (Å²) >= 11 is 5.73. The molecule has 1 rings (SSSR count). The van der Waals surface area contributed by atoms with Gasteiger partial charge in [0, 0.05) is 5.02 Å². The van der Waals surface area contributed by atoms with Crippen LogP contribution < -0.4 is 10.5 Å². The predicted octanol–water partition coefficient (Wildman–Crippen LogP) is 2.62. The monoisotopic (exact) mass is 211 g/mol. The number of hydrogen-bond acceptors (Lipinski definition) is 2. The molecule has 0 aliphatic carbocycles. The van der Waals surface area contributed by atoms with Gasteiger partial charge in [-0.25, -0.2) is 0 Å². The normalized spacial score (nSPS) is 12.2. The van der Waals surface area contributed by atoms with E-state index in [2.05, 4.69) is 6.58 Å². The minimum Gasteiger partial charge on any atom is -0.492 e. The average Bonchev–Trinajstić information content (AvgIpc) is 2.16. The van der Waals surface area contributed by atoms with E-state index < -0.39 is 0 Å². The fraction of sp³-hybridized carbons (Fsp3) is 0.273. The highest BCUT2D eigenvalue weighted by atomic mass is 35.5. The lowest BCUT2D eigenvalue weighted by Gasteiger charge is -2.12. The molecule has 2 nitrogen and oxygen atoms in total. The summed E-state index contributed by atoms with van der Waals surface area (Å²) in [6.45, 7) is 6.08. The van der Waals surface area contributed by atoms with Crippen LogP contribution in [-0.2, 0) is 0 Å². The fourth-order valence-electron chi connectivity index (χ4n) is 0.859. The molecule has 0 bridgehead atoms. The summed E-state index contributed by atoms with van der Waals surface area (Å²) < 4.78 is 5.44. The molecule has 1 atom stereocenters. The lowest BCUT2D eigenvalue weighted by molar-refractivity contribution is 0.302. The average molecular weight is 212 g/mol. The second-order valence-corrected chi connectivity index (χ2v) is 3.65. The third kappa shape index (κ3) is 3.40. The second kappa shape index (κ2) is 5.03. The molecule has 0 aliphatic heterocycles. The number of nitrogens with two attached hydrogens (primary N) is 1. The molecular weight excluding hydrogens is 198 g/mol. The van der Waals surface area contributed by atoms with E-state index in [-0.39, 0.29) is 6.04 Å². The maximum absolute atomic E-state index is 5.74. The number of hydrogen-bond donors (Lipinski definition) is 1. The summed E-state index contributed by atoms with van der Waals surface area (Å²) in [5, 5.41) is 0.696. The Bertz CT molecular complexity index is 308. The van der Waals surface area contributed by atoms with E-state index in [1.54, 1.807) is 12.1 Å². The standard InChI is InChI=1S/C11H14ClNO/c1-8(2)11(13)7-14-10-5-3-9(12)4-6-10/h3-6,11H,1,7,13H2,2H3. The number of benzene rings is 1. The van der Waals surface area contributed by atoms with Gasteiger partial charge >= 0.3 is 0 Å². The molecule has 1 unspecified atom stereocenters. The van der Waals surface area contributed by atoms with Crippen LogP contribution in [0.5, 0.6) is 5.75 Å². The van der Waals surface area contributed by atoms with Crippen molar-refractivity contribution in [1.82, 2.24) is 0 Å². The smallest absolute Gasteiger partial charge is 0.119 e. The van der Waals surface area contributed by atoms with Gasteiger partial charge in [0.15, 0.2) is 0 Å². The zero-order chi connectivity index (χ0) is 10.6. The van der Waals surface area contributed by atoms with Gasteiger partial charge < -0.3 is 10.5 Å². The zero-order valence-electron chi connectivity index (χ0n) is 8.16. The molecule has 0 aromatic heterocycles. The molecule has 0 heterocycles. The third-order valence-electron chi connectivity index (χ3n) is 1.88. The third-order valence-corrected chi connectivity index (χ3v) is 2.13. The Balaban J connectivity index is 2.46. The van der Waals surface area contributed by atoms with Crippen LogP contribution in [0, 0.1) is 0 Å². The Hall–Kier alpha value is -0.990. The first kappa shape index (κ1) is 11.1. The first-order chi connectivity index (χ1) is 6.59. The van der Waals surface area contributed by atoms with Crippen LogP contribution in [0.1, 0.15) is 6.92 Å². The molecule has 0 amide bonds. The minimum absolute atomic E-state index is 0.120. The molecular formula is C11H14ClNO. The van der Waals surface area contributed by atoms with Crippen molar-refractivity contribution in [3.63, 3.8) is 0 Å². The Labute approximate surface area is 89.3 Å². The van der Waals surface area contributed by atoms with Gasteiger partial charge in [0.05, 0.1) is 6.04 Å². The predicted molar refractivity (Wildman–Crippen MR) is 59.7 cm³/mol. The van der Waals surface area contributed by atoms with Gasteiger partial charge in [-0.2, -0.15) is 0 Å². The summed E-state index contributed by atoms with van der Waals surface area (Å²) in [6, 6.07) is 7.07. The van der Waals surface area contributed by atoms with Crippen molar-refractivity contribution in [2.75, 3.05) is 6.61 Å². The van der Waals surface area contributed by atoms with Crippen molar-refractivity contribution >= 4 is 11.6 Å². The van der Waals surface area contributed by atoms with Crippen LogP contribution in [0.4, 0.5) is 0 Å². The second-order valence-electron chi connectivity index (χ2n) is 3.22. The maximum Gasteiger partial charge on any atom is 0.119 e. The van der Waals surface area contributed by atoms with E-state index in [9.17, 15) is 0 Å². The lowest BCUT2D eigenvalue weighted by Crippen LogP contribution is -2.28. The molecule has 76 valence electrons. The van der Waals surface area contributed by atoms with Gasteiger partial charge in [-0.05, 0) is 31.2 Å². The van der Waals surface area contributed by atoms with E-state index in [1.807, 2.05) is 19.1 Å². The number of halogens is 1. The van der Waals surface area contributed by atoms with Crippen LogP contribution in [0.2, 0.25) is 5.02 Å². The van der Waals surface area contributed by atoms with Gasteiger partial charge in [0.1, 0.15) is 12.4 Å². The van der Waals surface area contributed by atoms with E-state index >= 15 is 0 Å². The molecule has 1 aromatic rings. The van der Waals surface area contributed by atoms with Crippen LogP contribution in [0.15, 0.2) is 36.4 Å². The van der Waals surface area contributed by atoms with Gasteiger partial charge in [-0.3, -0.25) is 0 Å². The highest BCUT2D eigenvalue weighted by Gasteiger charge is 2.03. The van der Waals surface area contributed by atoms with Gasteiger partial charge in [-0.1, -0.05) is 23.8 Å². The van der Waals surface area contributed by atoms with E-state index in [1.165, 1.54) is 0 Å². The van der Waals surface area contributed by atoms with Crippen LogP contribution >= 0.6 is 11.6 Å². The lowest BCUT2D eigenvalue weighted by atomic mass is 10.2. The van der Waals surface area contributed by atoms with E-state index in [0.29, 0.717) is 11.6 Å². The molecule has 0 spiro atoms. The molecule has 0 saturated carbocycles. The Morgan fingerprint density at radius 3 is 2.57 bits per heavy atom. The summed E-state index contributed by atoms with van der Waals surface area (Å²) in [7, 11) is 0. The van der Waals surface area contributed by atoms with Crippen molar-refractivity contribution < 1.29 is 4.74 Å². The quantitative estimate of drug-likeness (QED) is 0.778. The molecule has 0 fully saturated rings. The fourth-order valence-corrected chi connectivity index (χ4v) is 0.985. The molecule has 14 heavy (non-hydrogen) atoms. The topological polar surface area (TPSA) is 35.2 Å². The summed E-state index contributed by atoms with van der Waals surface area (Å²) in [6.07, 6.45) is 0. The van der Waals surface area contributed by atoms with Crippen molar-refractivity contribution in [3.05, 3.63) is 41.4 Å². The molecule has 1 aromatic carbocycles. The van der Waals surface area contributed by atoms with Crippen LogP contribution in [0.25, 0.3) is 0 Å². The van der Waals surface area contributed by atoms with E-state index in [0.717, 1.165) is 11.3 Å². The van der Waals surface area contributed by atoms with Crippen molar-refractivity contribution in [2.45, 2.75) is 13.0 Å².